The number of carbonyl (C=O) groups excluding carboxylic acids is 1. The zero-order valence-corrected chi connectivity index (χ0v) is 12.7. The topological polar surface area (TPSA) is 137 Å². The number of ether oxygens (including phenoxy) is 1. The van der Waals surface area contributed by atoms with E-state index in [0.717, 1.165) is 24.0 Å². The van der Waals surface area contributed by atoms with Gasteiger partial charge >= 0.3 is 5.97 Å². The second kappa shape index (κ2) is 5.69. The van der Waals surface area contributed by atoms with Gasteiger partial charge in [0.15, 0.2) is 15.7 Å². The molecule has 0 spiro atoms. The Morgan fingerprint density at radius 2 is 2.29 bits per heavy atom. The summed E-state index contributed by atoms with van der Waals surface area (Å²) in [5.74, 6) is -0.365. The van der Waals surface area contributed by atoms with Crippen LogP contribution in [0.4, 0.5) is 10.7 Å². The average molecular weight is 332 g/mol. The quantitative estimate of drug-likeness (QED) is 0.750. The SMILES string of the molecule is COC(=O)c1sc(NCc2ncon2)c(S(C)(=O)=O)c1N. The van der Waals surface area contributed by atoms with Crippen LogP contribution < -0.4 is 11.1 Å². The highest BCUT2D eigenvalue weighted by Gasteiger charge is 2.27. The predicted octanol–water partition coefficient (Wildman–Crippen LogP) is 0.515. The van der Waals surface area contributed by atoms with Gasteiger partial charge in [-0.05, 0) is 0 Å². The second-order valence-corrected chi connectivity index (χ2v) is 6.94. The van der Waals surface area contributed by atoms with Crippen LogP contribution in [0, 0.1) is 0 Å². The van der Waals surface area contributed by atoms with Crippen molar-refractivity contribution in [3.05, 3.63) is 17.1 Å². The number of carbonyl (C=O) groups is 1. The summed E-state index contributed by atoms with van der Waals surface area (Å²) in [7, 11) is -2.44. The molecule has 2 aromatic rings. The first-order chi connectivity index (χ1) is 9.84. The Balaban J connectivity index is 2.41. The van der Waals surface area contributed by atoms with E-state index in [-0.39, 0.29) is 27.0 Å². The number of rotatable bonds is 5. The maximum atomic E-state index is 11.8. The van der Waals surface area contributed by atoms with Crippen molar-refractivity contribution in [1.29, 1.82) is 0 Å². The number of aromatic nitrogens is 2. The first-order valence-corrected chi connectivity index (χ1v) is 8.25. The summed E-state index contributed by atoms with van der Waals surface area (Å²) in [5, 5.41) is 6.64. The Morgan fingerprint density at radius 3 is 2.81 bits per heavy atom. The van der Waals surface area contributed by atoms with Crippen molar-refractivity contribution in [3.8, 4) is 0 Å². The fraction of sp³-hybridized carbons (Fsp3) is 0.300. The van der Waals surface area contributed by atoms with Gasteiger partial charge in [-0.1, -0.05) is 5.16 Å². The van der Waals surface area contributed by atoms with E-state index in [4.69, 9.17) is 5.73 Å². The molecule has 114 valence electrons. The van der Waals surface area contributed by atoms with Crippen molar-refractivity contribution in [2.24, 2.45) is 0 Å². The fourth-order valence-electron chi connectivity index (χ4n) is 1.59. The fourth-order valence-corrected chi connectivity index (χ4v) is 4.07. The van der Waals surface area contributed by atoms with E-state index >= 15 is 0 Å². The first kappa shape index (κ1) is 15.3. The van der Waals surface area contributed by atoms with Gasteiger partial charge in [0, 0.05) is 6.26 Å². The maximum absolute atomic E-state index is 11.8. The number of thiophene rings is 1. The molecular weight excluding hydrogens is 320 g/mol. The molecule has 0 aliphatic carbocycles. The van der Waals surface area contributed by atoms with E-state index in [1.165, 1.54) is 7.11 Å². The Labute approximate surface area is 124 Å². The van der Waals surface area contributed by atoms with E-state index in [2.05, 4.69) is 24.7 Å². The molecule has 2 heterocycles. The second-order valence-electron chi connectivity index (χ2n) is 3.97. The number of nitrogen functional groups attached to an aromatic ring is 1. The van der Waals surface area contributed by atoms with E-state index in [9.17, 15) is 13.2 Å². The number of sulfone groups is 1. The molecule has 0 aliphatic heterocycles. The van der Waals surface area contributed by atoms with E-state index in [0.29, 0.717) is 5.82 Å². The van der Waals surface area contributed by atoms with Crippen LogP contribution in [0.1, 0.15) is 15.5 Å². The zero-order chi connectivity index (χ0) is 15.6. The van der Waals surface area contributed by atoms with E-state index < -0.39 is 15.8 Å². The predicted molar refractivity (Wildman–Crippen MR) is 74.8 cm³/mol. The lowest BCUT2D eigenvalue weighted by Crippen LogP contribution is -2.07. The lowest BCUT2D eigenvalue weighted by molar-refractivity contribution is 0.0607. The standard InChI is InChI=1S/C10H12N4O5S2/c1-18-10(15)7-6(11)8(21(2,16)17)9(20-7)12-3-5-13-4-19-14-5/h4,12H,3,11H2,1-2H3. The summed E-state index contributed by atoms with van der Waals surface area (Å²) in [6, 6.07) is 0. The van der Waals surface area contributed by atoms with Crippen LogP contribution in [0.15, 0.2) is 15.8 Å². The lowest BCUT2D eigenvalue weighted by Gasteiger charge is -2.04. The van der Waals surface area contributed by atoms with Crippen LogP contribution in [0.25, 0.3) is 0 Å². The molecule has 0 aliphatic rings. The van der Waals surface area contributed by atoms with E-state index in [1.54, 1.807) is 0 Å². The highest BCUT2D eigenvalue weighted by Crippen LogP contribution is 2.39. The molecule has 2 rings (SSSR count). The molecule has 0 aromatic carbocycles. The third-order valence-corrected chi connectivity index (χ3v) is 4.89. The number of nitrogens with zero attached hydrogens (tertiary/aromatic N) is 2. The summed E-state index contributed by atoms with van der Waals surface area (Å²) >= 11 is 0.892. The summed E-state index contributed by atoms with van der Waals surface area (Å²) in [5.41, 5.74) is 5.62. The van der Waals surface area contributed by atoms with Crippen LogP contribution >= 0.6 is 11.3 Å². The highest BCUT2D eigenvalue weighted by atomic mass is 32.2. The molecule has 21 heavy (non-hydrogen) atoms. The van der Waals surface area contributed by atoms with E-state index in [1.807, 2.05) is 0 Å². The molecule has 0 amide bonds. The third-order valence-electron chi connectivity index (χ3n) is 2.46. The van der Waals surface area contributed by atoms with Crippen molar-refractivity contribution >= 4 is 37.8 Å². The molecule has 0 saturated heterocycles. The Hall–Kier alpha value is -2.14. The first-order valence-electron chi connectivity index (χ1n) is 5.54. The van der Waals surface area contributed by atoms with Gasteiger partial charge in [0.05, 0.1) is 19.3 Å². The Bertz CT molecular complexity index is 751. The van der Waals surface area contributed by atoms with Crippen molar-refractivity contribution in [2.75, 3.05) is 24.4 Å². The summed E-state index contributed by atoms with van der Waals surface area (Å²) in [6.07, 6.45) is 2.16. The van der Waals surface area contributed by atoms with Crippen molar-refractivity contribution < 1.29 is 22.5 Å². The van der Waals surface area contributed by atoms with Crippen LogP contribution in [-0.2, 0) is 21.1 Å². The number of nitrogens with two attached hydrogens (primary N) is 1. The van der Waals surface area contributed by atoms with Crippen LogP contribution in [-0.4, -0.2) is 37.9 Å². The normalized spacial score (nSPS) is 11.3. The van der Waals surface area contributed by atoms with Crippen LogP contribution in [0.5, 0.6) is 0 Å². The molecule has 0 atom stereocenters. The van der Waals surface area contributed by atoms with Gasteiger partial charge in [-0.2, -0.15) is 4.98 Å². The lowest BCUT2D eigenvalue weighted by atomic mass is 10.4. The minimum Gasteiger partial charge on any atom is -0.465 e. The molecule has 9 nitrogen and oxygen atoms in total. The van der Waals surface area contributed by atoms with Crippen molar-refractivity contribution in [3.63, 3.8) is 0 Å². The molecule has 0 unspecified atom stereocenters. The number of methoxy groups -OCH3 is 1. The molecule has 3 N–H and O–H groups in total. The van der Waals surface area contributed by atoms with Gasteiger partial charge in [-0.3, -0.25) is 0 Å². The molecule has 11 heteroatoms. The molecule has 0 radical (unpaired) electrons. The van der Waals surface area contributed by atoms with Crippen molar-refractivity contribution in [2.45, 2.75) is 11.4 Å². The number of hydrogen-bond acceptors (Lipinski definition) is 10. The number of hydrogen-bond donors (Lipinski definition) is 2. The average Bonchev–Trinajstić information content (AvgIpc) is 3.02. The molecule has 0 saturated carbocycles. The van der Waals surface area contributed by atoms with Gasteiger partial charge in [0.25, 0.3) is 0 Å². The molecule has 2 aromatic heterocycles. The monoisotopic (exact) mass is 332 g/mol. The number of esters is 1. The molecule has 0 fully saturated rings. The van der Waals surface area contributed by atoms with Gasteiger partial charge in [-0.15, -0.1) is 11.3 Å². The number of nitrogens with one attached hydrogen (secondary N) is 1. The van der Waals surface area contributed by atoms with Gasteiger partial charge in [0.2, 0.25) is 6.39 Å². The minimum atomic E-state index is -3.63. The Kier molecular flexibility index (Phi) is 4.14. The minimum absolute atomic E-state index is 0.0218. The van der Waals surface area contributed by atoms with Gasteiger partial charge < -0.3 is 20.3 Å². The molecular formula is C10H12N4O5S2. The summed E-state index contributed by atoms with van der Waals surface area (Å²) < 4.78 is 32.8. The largest absolute Gasteiger partial charge is 0.465 e. The van der Waals surface area contributed by atoms with Crippen LogP contribution in [0.2, 0.25) is 0 Å². The highest BCUT2D eigenvalue weighted by molar-refractivity contribution is 7.91. The maximum Gasteiger partial charge on any atom is 0.350 e. The van der Waals surface area contributed by atoms with Gasteiger partial charge in [0.1, 0.15) is 14.8 Å². The van der Waals surface area contributed by atoms with Crippen LogP contribution in [0.3, 0.4) is 0 Å². The summed E-state index contributed by atoms with van der Waals surface area (Å²) in [6.45, 7) is 0.125. The third kappa shape index (κ3) is 3.13. The Morgan fingerprint density at radius 1 is 1.57 bits per heavy atom. The van der Waals surface area contributed by atoms with Crippen molar-refractivity contribution in [1.82, 2.24) is 10.1 Å². The zero-order valence-electron chi connectivity index (χ0n) is 11.1. The number of anilines is 2. The summed E-state index contributed by atoms with van der Waals surface area (Å²) in [4.78, 5) is 15.3. The molecule has 0 bridgehead atoms. The smallest absolute Gasteiger partial charge is 0.350 e. The van der Waals surface area contributed by atoms with Gasteiger partial charge in [-0.25, -0.2) is 13.2 Å².